The van der Waals surface area contributed by atoms with E-state index < -0.39 is 10.0 Å². The van der Waals surface area contributed by atoms with Crippen molar-refractivity contribution in [1.82, 2.24) is 14.2 Å². The van der Waals surface area contributed by atoms with Crippen molar-refractivity contribution in [3.8, 4) is 0 Å². The van der Waals surface area contributed by atoms with Gasteiger partial charge in [-0.15, -0.1) is 0 Å². The number of sulfonamides is 1. The lowest BCUT2D eigenvalue weighted by Gasteiger charge is -2.33. The average molecular weight is 577 g/mol. The van der Waals surface area contributed by atoms with Crippen molar-refractivity contribution in [2.24, 2.45) is 5.92 Å². The molecule has 2 aliphatic rings. The van der Waals surface area contributed by atoms with Gasteiger partial charge in [-0.2, -0.15) is 4.31 Å². The number of amides is 1. The Morgan fingerprint density at radius 3 is 2.53 bits per heavy atom. The van der Waals surface area contributed by atoms with E-state index in [1.54, 1.807) is 23.5 Å². The second kappa shape index (κ2) is 12.0. The third kappa shape index (κ3) is 6.21. The average Bonchev–Trinajstić information content (AvgIpc) is 3.34. The van der Waals surface area contributed by atoms with Crippen LogP contribution in [0.4, 0.5) is 5.13 Å². The number of hydrogen-bond donors (Lipinski definition) is 0. The number of carbonyl (C=O) groups is 1. The van der Waals surface area contributed by atoms with E-state index >= 15 is 0 Å². The minimum Gasteiger partial charge on any atom is -0.379 e. The third-order valence-corrected chi connectivity index (χ3v) is 10.4. The number of nitrogens with zero attached hydrogens (tertiary/aromatic N) is 4. The van der Waals surface area contributed by atoms with Gasteiger partial charge in [0.05, 0.1) is 28.3 Å². The van der Waals surface area contributed by atoms with E-state index in [4.69, 9.17) is 21.3 Å². The van der Waals surface area contributed by atoms with Crippen LogP contribution in [0.15, 0.2) is 47.4 Å². The summed E-state index contributed by atoms with van der Waals surface area (Å²) >= 11 is 7.48. The molecule has 38 heavy (non-hydrogen) atoms. The third-order valence-electron chi connectivity index (χ3n) is 7.24. The maximum atomic E-state index is 13.9. The van der Waals surface area contributed by atoms with E-state index in [0.29, 0.717) is 42.6 Å². The van der Waals surface area contributed by atoms with Crippen LogP contribution >= 0.6 is 22.9 Å². The van der Waals surface area contributed by atoms with Crippen molar-refractivity contribution >= 4 is 54.2 Å². The van der Waals surface area contributed by atoms with Crippen molar-refractivity contribution in [2.45, 2.75) is 31.1 Å². The van der Waals surface area contributed by atoms with Crippen molar-refractivity contribution in [3.63, 3.8) is 0 Å². The number of piperidine rings is 1. The number of halogens is 1. The molecule has 2 saturated heterocycles. The summed E-state index contributed by atoms with van der Waals surface area (Å²) in [6.07, 6.45) is 1.80. The van der Waals surface area contributed by atoms with Crippen LogP contribution in [0, 0.1) is 12.8 Å². The molecule has 0 atom stereocenters. The molecule has 1 aromatic heterocycles. The minimum absolute atomic E-state index is 0.0336. The van der Waals surface area contributed by atoms with Crippen LogP contribution in [-0.4, -0.2) is 81.0 Å². The maximum absolute atomic E-state index is 13.9. The molecule has 8 nitrogen and oxygen atoms in total. The highest BCUT2D eigenvalue weighted by atomic mass is 35.5. The van der Waals surface area contributed by atoms with Gasteiger partial charge in [-0.1, -0.05) is 29.0 Å². The zero-order valence-corrected chi connectivity index (χ0v) is 23.9. The molecule has 3 heterocycles. The van der Waals surface area contributed by atoms with Crippen LogP contribution in [0.3, 0.4) is 0 Å². The first kappa shape index (κ1) is 27.5. The Morgan fingerprint density at radius 2 is 1.82 bits per heavy atom. The van der Waals surface area contributed by atoms with Gasteiger partial charge < -0.3 is 4.74 Å². The second-order valence-corrected chi connectivity index (χ2v) is 13.3. The standard InChI is InChI=1S/C27H33ClN4O4S2/c1-20-3-8-24-25(19-20)37-27(29-24)32(12-2-11-30-15-17-36-18-16-30)26(33)21-9-13-31(14-10-21)38(34,35)23-6-4-22(28)5-7-23/h3-8,19,21H,2,9-18H2,1H3. The number of thiazole rings is 1. The predicted octanol–water partition coefficient (Wildman–Crippen LogP) is 4.41. The molecule has 11 heteroatoms. The highest BCUT2D eigenvalue weighted by Crippen LogP contribution is 2.33. The molecule has 0 saturated carbocycles. The van der Waals surface area contributed by atoms with Crippen molar-refractivity contribution < 1.29 is 17.9 Å². The first-order valence-electron chi connectivity index (χ1n) is 13.1. The molecule has 0 radical (unpaired) electrons. The number of morpholine rings is 1. The summed E-state index contributed by atoms with van der Waals surface area (Å²) in [6.45, 7) is 7.46. The molecule has 3 aromatic rings. The lowest BCUT2D eigenvalue weighted by molar-refractivity contribution is -0.123. The summed E-state index contributed by atoms with van der Waals surface area (Å²) in [5.41, 5.74) is 2.05. The van der Waals surface area contributed by atoms with Crippen molar-refractivity contribution in [1.29, 1.82) is 0 Å². The molecule has 2 aromatic carbocycles. The van der Waals surface area contributed by atoms with Gasteiger partial charge in [0, 0.05) is 50.2 Å². The van der Waals surface area contributed by atoms with Crippen molar-refractivity contribution in [2.75, 3.05) is 57.4 Å². The van der Waals surface area contributed by atoms with Crippen LogP contribution in [0.5, 0.6) is 0 Å². The summed E-state index contributed by atoms with van der Waals surface area (Å²) in [5, 5.41) is 1.21. The Kier molecular flexibility index (Phi) is 8.66. The van der Waals surface area contributed by atoms with Gasteiger partial charge in [0.2, 0.25) is 15.9 Å². The number of fused-ring (bicyclic) bond motifs is 1. The molecule has 0 spiro atoms. The fourth-order valence-electron chi connectivity index (χ4n) is 5.03. The first-order valence-corrected chi connectivity index (χ1v) is 15.7. The SMILES string of the molecule is Cc1ccc2nc(N(CCCN3CCOCC3)C(=O)C3CCN(S(=O)(=O)c4ccc(Cl)cc4)CC3)sc2c1. The summed E-state index contributed by atoms with van der Waals surface area (Å²) in [6, 6.07) is 12.4. The van der Waals surface area contributed by atoms with Gasteiger partial charge in [-0.3, -0.25) is 14.6 Å². The van der Waals surface area contributed by atoms with Crippen LogP contribution in [-0.2, 0) is 19.6 Å². The highest BCUT2D eigenvalue weighted by molar-refractivity contribution is 7.89. The predicted molar refractivity (Wildman–Crippen MR) is 152 cm³/mol. The van der Waals surface area contributed by atoms with Gasteiger partial charge in [-0.05, 0) is 68.1 Å². The number of benzene rings is 2. The number of aromatic nitrogens is 1. The van der Waals surface area contributed by atoms with Crippen molar-refractivity contribution in [3.05, 3.63) is 53.1 Å². The van der Waals surface area contributed by atoms with Gasteiger partial charge in [0.15, 0.2) is 5.13 Å². The van der Waals surface area contributed by atoms with Crippen LogP contribution in [0.1, 0.15) is 24.8 Å². The Balaban J connectivity index is 1.29. The summed E-state index contributed by atoms with van der Waals surface area (Å²) in [4.78, 5) is 23.1. The van der Waals surface area contributed by atoms with E-state index in [-0.39, 0.29) is 16.7 Å². The fourth-order valence-corrected chi connectivity index (χ4v) is 7.72. The van der Waals surface area contributed by atoms with E-state index in [9.17, 15) is 13.2 Å². The molecule has 2 aliphatic heterocycles. The number of rotatable bonds is 8. The Labute approximate surface area is 233 Å². The zero-order valence-electron chi connectivity index (χ0n) is 21.5. The molecule has 0 aliphatic carbocycles. The molecular weight excluding hydrogens is 544 g/mol. The normalized spacial score (nSPS) is 18.2. The number of hydrogen-bond acceptors (Lipinski definition) is 7. The summed E-state index contributed by atoms with van der Waals surface area (Å²) < 4.78 is 34.2. The number of anilines is 1. The molecule has 204 valence electrons. The monoisotopic (exact) mass is 576 g/mol. The van der Waals surface area contributed by atoms with Crippen LogP contribution in [0.2, 0.25) is 5.02 Å². The Bertz CT molecular complexity index is 1370. The quantitative estimate of drug-likeness (QED) is 0.395. The van der Waals surface area contributed by atoms with Crippen LogP contribution < -0.4 is 4.90 Å². The lowest BCUT2D eigenvalue weighted by atomic mass is 9.96. The second-order valence-electron chi connectivity index (χ2n) is 9.90. The molecule has 0 N–H and O–H groups in total. The van der Waals surface area contributed by atoms with Crippen LogP contribution in [0.25, 0.3) is 10.2 Å². The number of ether oxygens (including phenoxy) is 1. The molecule has 1 amide bonds. The van der Waals surface area contributed by atoms with Gasteiger partial charge in [0.1, 0.15) is 0 Å². The minimum atomic E-state index is -3.62. The van der Waals surface area contributed by atoms with Gasteiger partial charge >= 0.3 is 0 Å². The molecule has 0 unspecified atom stereocenters. The summed E-state index contributed by atoms with van der Waals surface area (Å²) in [7, 11) is -3.62. The topological polar surface area (TPSA) is 83.1 Å². The van der Waals surface area contributed by atoms with E-state index in [1.807, 2.05) is 17.0 Å². The van der Waals surface area contributed by atoms with E-state index in [0.717, 1.165) is 55.0 Å². The molecule has 5 rings (SSSR count). The Morgan fingerprint density at radius 1 is 1.11 bits per heavy atom. The van der Waals surface area contributed by atoms with E-state index in [1.165, 1.54) is 16.4 Å². The number of carbonyl (C=O) groups excluding carboxylic acids is 1. The summed E-state index contributed by atoms with van der Waals surface area (Å²) in [5.74, 6) is -0.213. The molecule has 2 fully saturated rings. The highest BCUT2D eigenvalue weighted by Gasteiger charge is 2.35. The molecular formula is C27H33ClN4O4S2. The Hall–Kier alpha value is -2.08. The van der Waals surface area contributed by atoms with E-state index in [2.05, 4.69) is 17.9 Å². The first-order chi connectivity index (χ1) is 18.3. The number of aryl methyl sites for hydroxylation is 1. The van der Waals surface area contributed by atoms with Gasteiger partial charge in [0.25, 0.3) is 0 Å². The maximum Gasteiger partial charge on any atom is 0.243 e. The largest absolute Gasteiger partial charge is 0.379 e. The lowest BCUT2D eigenvalue weighted by Crippen LogP contribution is -2.45. The van der Waals surface area contributed by atoms with Gasteiger partial charge in [-0.25, -0.2) is 13.4 Å². The zero-order chi connectivity index (χ0) is 26.7. The molecule has 0 bridgehead atoms. The smallest absolute Gasteiger partial charge is 0.243 e. The fraction of sp³-hybridized carbons (Fsp3) is 0.481.